The summed E-state index contributed by atoms with van der Waals surface area (Å²) in [7, 11) is 3.23. The number of hydrogen-bond donors (Lipinski definition) is 0. The molecule has 110 valence electrons. The van der Waals surface area contributed by atoms with E-state index < -0.39 is 4.92 Å². The van der Waals surface area contributed by atoms with E-state index in [2.05, 4.69) is 0 Å². The van der Waals surface area contributed by atoms with Gasteiger partial charge in [-0.1, -0.05) is 0 Å². The zero-order valence-corrected chi connectivity index (χ0v) is 11.8. The normalized spacial score (nSPS) is 10.4. The Kier molecular flexibility index (Phi) is 5.92. The predicted octanol–water partition coefficient (Wildman–Crippen LogP) is 1.60. The Hall–Kier alpha value is -2.15. The van der Waals surface area contributed by atoms with Crippen LogP contribution in [0.3, 0.4) is 0 Å². The second kappa shape index (κ2) is 7.44. The van der Waals surface area contributed by atoms with Crippen LogP contribution < -0.4 is 4.74 Å². The molecule has 1 aromatic carbocycles. The molecule has 0 spiro atoms. The minimum atomic E-state index is -0.464. The number of ether oxygens (including phenoxy) is 2. The molecular formula is C13H18N2O5. The summed E-state index contributed by atoms with van der Waals surface area (Å²) in [5.74, 6) is 0.214. The highest BCUT2D eigenvalue weighted by atomic mass is 16.6. The lowest BCUT2D eigenvalue weighted by Crippen LogP contribution is -2.27. The van der Waals surface area contributed by atoms with Crippen LogP contribution in [0.2, 0.25) is 0 Å². The van der Waals surface area contributed by atoms with Crippen molar-refractivity contribution in [3.05, 3.63) is 33.9 Å². The van der Waals surface area contributed by atoms with Crippen molar-refractivity contribution in [2.45, 2.75) is 13.5 Å². The number of methoxy groups -OCH3 is 1. The molecule has 0 fully saturated rings. The molecule has 0 N–H and O–H groups in total. The standard InChI is InChI=1S/C13H18N2O5/c1-4-20-13(16)9-14(2)8-10-7-11(15(17)18)5-6-12(10)19-3/h5-7H,4,8-9H2,1-3H3. The Morgan fingerprint density at radius 1 is 1.45 bits per heavy atom. The molecule has 7 nitrogen and oxygen atoms in total. The molecule has 0 saturated heterocycles. The average Bonchev–Trinajstić information content (AvgIpc) is 2.38. The van der Waals surface area contributed by atoms with Crippen LogP contribution in [-0.2, 0) is 16.1 Å². The number of non-ortho nitro benzene ring substituents is 1. The van der Waals surface area contributed by atoms with Crippen LogP contribution in [0, 0.1) is 10.1 Å². The van der Waals surface area contributed by atoms with E-state index in [1.54, 1.807) is 24.9 Å². The Morgan fingerprint density at radius 2 is 2.15 bits per heavy atom. The monoisotopic (exact) mass is 282 g/mol. The molecule has 0 aliphatic rings. The third-order valence-electron chi connectivity index (χ3n) is 2.62. The number of carbonyl (C=O) groups excluding carboxylic acids is 1. The number of rotatable bonds is 7. The minimum absolute atomic E-state index is 0.00895. The lowest BCUT2D eigenvalue weighted by molar-refractivity contribution is -0.384. The molecule has 0 unspecified atom stereocenters. The minimum Gasteiger partial charge on any atom is -0.496 e. The number of nitro groups is 1. The van der Waals surface area contributed by atoms with Gasteiger partial charge in [0.1, 0.15) is 5.75 Å². The summed E-state index contributed by atoms with van der Waals surface area (Å²) in [6.45, 7) is 2.53. The molecule has 0 heterocycles. The fourth-order valence-electron chi connectivity index (χ4n) is 1.78. The third-order valence-corrected chi connectivity index (χ3v) is 2.62. The van der Waals surface area contributed by atoms with E-state index in [9.17, 15) is 14.9 Å². The van der Waals surface area contributed by atoms with Gasteiger partial charge in [0.05, 0.1) is 25.2 Å². The van der Waals surface area contributed by atoms with Gasteiger partial charge in [-0.2, -0.15) is 0 Å². The Balaban J connectivity index is 2.81. The highest BCUT2D eigenvalue weighted by Crippen LogP contribution is 2.24. The van der Waals surface area contributed by atoms with Crippen molar-refractivity contribution in [3.63, 3.8) is 0 Å². The Bertz CT molecular complexity index is 490. The Morgan fingerprint density at radius 3 is 2.70 bits per heavy atom. The smallest absolute Gasteiger partial charge is 0.320 e. The van der Waals surface area contributed by atoms with Gasteiger partial charge in [-0.3, -0.25) is 19.8 Å². The molecule has 0 aliphatic carbocycles. The van der Waals surface area contributed by atoms with E-state index in [0.717, 1.165) is 0 Å². The highest BCUT2D eigenvalue weighted by Gasteiger charge is 2.14. The molecule has 0 amide bonds. The fraction of sp³-hybridized carbons (Fsp3) is 0.462. The van der Waals surface area contributed by atoms with E-state index in [4.69, 9.17) is 9.47 Å². The summed E-state index contributed by atoms with van der Waals surface area (Å²) in [5, 5.41) is 10.8. The molecule has 0 atom stereocenters. The Labute approximate surface area is 117 Å². The highest BCUT2D eigenvalue weighted by molar-refractivity contribution is 5.71. The molecular weight excluding hydrogens is 264 g/mol. The van der Waals surface area contributed by atoms with Gasteiger partial charge in [-0.05, 0) is 20.0 Å². The van der Waals surface area contributed by atoms with E-state index in [1.165, 1.54) is 19.2 Å². The first-order valence-electron chi connectivity index (χ1n) is 6.13. The van der Waals surface area contributed by atoms with E-state index >= 15 is 0 Å². The SMILES string of the molecule is CCOC(=O)CN(C)Cc1cc([N+](=O)[O-])ccc1OC. The summed E-state index contributed by atoms with van der Waals surface area (Å²) in [4.78, 5) is 23.4. The zero-order chi connectivity index (χ0) is 15.1. The molecule has 0 aromatic heterocycles. The summed E-state index contributed by atoms with van der Waals surface area (Å²) in [6, 6.07) is 4.37. The number of carbonyl (C=O) groups is 1. The van der Waals surface area contributed by atoms with Gasteiger partial charge in [0.25, 0.3) is 5.69 Å². The first-order valence-corrected chi connectivity index (χ1v) is 6.13. The van der Waals surface area contributed by atoms with Crippen molar-refractivity contribution in [2.75, 3.05) is 27.3 Å². The molecule has 20 heavy (non-hydrogen) atoms. The van der Waals surface area contributed by atoms with Crippen molar-refractivity contribution in [1.29, 1.82) is 0 Å². The van der Waals surface area contributed by atoms with Gasteiger partial charge >= 0.3 is 5.97 Å². The zero-order valence-electron chi connectivity index (χ0n) is 11.8. The first kappa shape index (κ1) is 15.9. The molecule has 0 aliphatic heterocycles. The van der Waals surface area contributed by atoms with Crippen LogP contribution in [0.4, 0.5) is 5.69 Å². The quantitative estimate of drug-likeness (QED) is 0.429. The number of esters is 1. The summed E-state index contributed by atoms with van der Waals surface area (Å²) in [6.07, 6.45) is 0. The first-order chi connectivity index (χ1) is 9.47. The number of nitrogens with zero attached hydrogens (tertiary/aromatic N) is 2. The number of benzene rings is 1. The van der Waals surface area contributed by atoms with Crippen molar-refractivity contribution in [1.82, 2.24) is 4.90 Å². The van der Waals surface area contributed by atoms with Crippen LogP contribution >= 0.6 is 0 Å². The van der Waals surface area contributed by atoms with Crippen LogP contribution in [0.5, 0.6) is 5.75 Å². The molecule has 0 saturated carbocycles. The molecule has 7 heteroatoms. The van der Waals surface area contributed by atoms with Gasteiger partial charge < -0.3 is 9.47 Å². The molecule has 1 aromatic rings. The van der Waals surface area contributed by atoms with Crippen LogP contribution in [0.1, 0.15) is 12.5 Å². The second-order valence-corrected chi connectivity index (χ2v) is 4.23. The maximum Gasteiger partial charge on any atom is 0.320 e. The summed E-state index contributed by atoms with van der Waals surface area (Å²) < 4.78 is 10.0. The van der Waals surface area contributed by atoms with E-state index in [-0.39, 0.29) is 18.2 Å². The van der Waals surface area contributed by atoms with E-state index in [1.807, 2.05) is 0 Å². The van der Waals surface area contributed by atoms with E-state index in [0.29, 0.717) is 24.5 Å². The number of hydrogen-bond acceptors (Lipinski definition) is 6. The number of nitro benzene ring substituents is 1. The van der Waals surface area contributed by atoms with Crippen LogP contribution in [-0.4, -0.2) is 43.1 Å². The predicted molar refractivity (Wildman–Crippen MR) is 72.6 cm³/mol. The summed E-state index contributed by atoms with van der Waals surface area (Å²) in [5.41, 5.74) is 0.638. The van der Waals surface area contributed by atoms with Gasteiger partial charge in [0, 0.05) is 24.2 Å². The van der Waals surface area contributed by atoms with Gasteiger partial charge in [0.15, 0.2) is 0 Å². The molecule has 1 rings (SSSR count). The maximum atomic E-state index is 11.4. The summed E-state index contributed by atoms with van der Waals surface area (Å²) >= 11 is 0. The number of likely N-dealkylation sites (N-methyl/N-ethyl adjacent to an activating group) is 1. The fourth-order valence-corrected chi connectivity index (χ4v) is 1.78. The van der Waals surface area contributed by atoms with Gasteiger partial charge in [-0.25, -0.2) is 0 Å². The topological polar surface area (TPSA) is 81.9 Å². The third kappa shape index (κ3) is 4.51. The van der Waals surface area contributed by atoms with Crippen molar-refractivity contribution >= 4 is 11.7 Å². The molecule has 0 radical (unpaired) electrons. The van der Waals surface area contributed by atoms with Crippen LogP contribution in [0.25, 0.3) is 0 Å². The average molecular weight is 282 g/mol. The van der Waals surface area contributed by atoms with Crippen molar-refractivity contribution in [2.24, 2.45) is 0 Å². The van der Waals surface area contributed by atoms with Crippen molar-refractivity contribution in [3.8, 4) is 5.75 Å². The lowest BCUT2D eigenvalue weighted by atomic mass is 10.1. The largest absolute Gasteiger partial charge is 0.496 e. The van der Waals surface area contributed by atoms with Gasteiger partial charge in [-0.15, -0.1) is 0 Å². The molecule has 0 bridgehead atoms. The van der Waals surface area contributed by atoms with Gasteiger partial charge in [0.2, 0.25) is 0 Å². The maximum absolute atomic E-state index is 11.4. The lowest BCUT2D eigenvalue weighted by Gasteiger charge is -2.17. The second-order valence-electron chi connectivity index (χ2n) is 4.23. The van der Waals surface area contributed by atoms with Crippen molar-refractivity contribution < 1.29 is 19.2 Å². The van der Waals surface area contributed by atoms with Crippen LogP contribution in [0.15, 0.2) is 18.2 Å².